The van der Waals surface area contributed by atoms with Crippen LogP contribution in [0.3, 0.4) is 0 Å². The Morgan fingerprint density at radius 2 is 1.89 bits per heavy atom. The summed E-state index contributed by atoms with van der Waals surface area (Å²) in [5, 5.41) is 4.30. The molecule has 0 bridgehead atoms. The molecular formula is C14H23N3O2. The molecule has 3 rings (SSSR count). The van der Waals surface area contributed by atoms with Gasteiger partial charge in [0.25, 0.3) is 0 Å². The number of rotatable bonds is 1. The predicted octanol–water partition coefficient (Wildman–Crippen LogP) is 2.30. The van der Waals surface area contributed by atoms with Gasteiger partial charge in [-0.15, -0.1) is 0 Å². The van der Waals surface area contributed by atoms with Crippen LogP contribution in [0.25, 0.3) is 0 Å². The third kappa shape index (κ3) is 1.95. The van der Waals surface area contributed by atoms with E-state index in [1.807, 2.05) is 0 Å². The standard InChI is InChI=1S/C14H23N3O2/c15-12(18)17-16-11-5-3-8-13(6-1-2-7-13)14(11)9-4-10-19-14/h1-10H2,(H3,15,17,18)/b16-11-/t14-/m1/s1. The van der Waals surface area contributed by atoms with Gasteiger partial charge in [-0.3, -0.25) is 0 Å². The van der Waals surface area contributed by atoms with Gasteiger partial charge < -0.3 is 10.5 Å². The number of ether oxygens (including phenoxy) is 1. The summed E-state index contributed by atoms with van der Waals surface area (Å²) in [7, 11) is 0. The van der Waals surface area contributed by atoms with Crippen LogP contribution in [0.4, 0.5) is 4.79 Å². The van der Waals surface area contributed by atoms with Gasteiger partial charge in [0.05, 0.1) is 5.71 Å². The molecule has 5 heteroatoms. The summed E-state index contributed by atoms with van der Waals surface area (Å²) >= 11 is 0. The largest absolute Gasteiger partial charge is 0.368 e. The van der Waals surface area contributed by atoms with Crippen LogP contribution >= 0.6 is 0 Å². The van der Waals surface area contributed by atoms with Crippen molar-refractivity contribution in [2.45, 2.75) is 63.4 Å². The van der Waals surface area contributed by atoms with Gasteiger partial charge in [-0.2, -0.15) is 5.10 Å². The molecule has 2 aliphatic carbocycles. The highest BCUT2D eigenvalue weighted by Gasteiger charge is 2.59. The molecule has 3 N–H and O–H groups in total. The number of hydrogen-bond acceptors (Lipinski definition) is 3. The third-order valence-corrected chi connectivity index (χ3v) is 5.28. The van der Waals surface area contributed by atoms with Crippen molar-refractivity contribution in [2.24, 2.45) is 16.3 Å². The Morgan fingerprint density at radius 1 is 1.16 bits per heavy atom. The van der Waals surface area contributed by atoms with Gasteiger partial charge in [-0.05, 0) is 44.9 Å². The average molecular weight is 265 g/mol. The quantitative estimate of drug-likeness (QED) is 0.714. The summed E-state index contributed by atoms with van der Waals surface area (Å²) < 4.78 is 6.24. The summed E-state index contributed by atoms with van der Waals surface area (Å²) in [6.45, 7) is 0.817. The molecule has 3 aliphatic rings. The normalized spacial score (nSPS) is 35.3. The van der Waals surface area contributed by atoms with E-state index in [9.17, 15) is 4.79 Å². The Labute approximate surface area is 113 Å². The van der Waals surface area contributed by atoms with Crippen LogP contribution in [0.2, 0.25) is 0 Å². The molecule has 1 atom stereocenters. The van der Waals surface area contributed by atoms with E-state index in [4.69, 9.17) is 10.5 Å². The fraction of sp³-hybridized carbons (Fsp3) is 0.857. The average Bonchev–Trinajstić information content (AvgIpc) is 3.02. The summed E-state index contributed by atoms with van der Waals surface area (Å²) in [4.78, 5) is 10.9. The maximum atomic E-state index is 10.9. The minimum absolute atomic E-state index is 0.218. The van der Waals surface area contributed by atoms with Gasteiger partial charge in [-0.25, -0.2) is 10.2 Å². The van der Waals surface area contributed by atoms with Crippen molar-refractivity contribution in [3.63, 3.8) is 0 Å². The van der Waals surface area contributed by atoms with Gasteiger partial charge in [-0.1, -0.05) is 12.8 Å². The first-order valence-corrected chi connectivity index (χ1v) is 7.45. The van der Waals surface area contributed by atoms with E-state index < -0.39 is 6.03 Å². The monoisotopic (exact) mass is 265 g/mol. The maximum Gasteiger partial charge on any atom is 0.332 e. The van der Waals surface area contributed by atoms with Crippen LogP contribution in [0.15, 0.2) is 5.10 Å². The molecule has 106 valence electrons. The second-order valence-electron chi connectivity index (χ2n) is 6.15. The van der Waals surface area contributed by atoms with Crippen molar-refractivity contribution in [2.75, 3.05) is 6.61 Å². The van der Waals surface area contributed by atoms with Gasteiger partial charge in [0, 0.05) is 12.0 Å². The van der Waals surface area contributed by atoms with Crippen LogP contribution < -0.4 is 11.2 Å². The highest BCUT2D eigenvalue weighted by atomic mass is 16.5. The molecule has 0 aromatic rings. The molecule has 2 spiro atoms. The fourth-order valence-corrected chi connectivity index (χ4v) is 4.56. The number of nitrogens with two attached hydrogens (primary N) is 1. The topological polar surface area (TPSA) is 76.7 Å². The van der Waals surface area contributed by atoms with Crippen molar-refractivity contribution in [1.29, 1.82) is 0 Å². The van der Waals surface area contributed by atoms with Gasteiger partial charge in [0.15, 0.2) is 0 Å². The van der Waals surface area contributed by atoms with Crippen molar-refractivity contribution < 1.29 is 9.53 Å². The Bertz CT molecular complexity index is 393. The number of nitrogens with one attached hydrogen (secondary N) is 1. The zero-order valence-electron chi connectivity index (χ0n) is 11.4. The van der Waals surface area contributed by atoms with E-state index in [1.54, 1.807) is 0 Å². The molecule has 0 radical (unpaired) electrons. The van der Waals surface area contributed by atoms with Crippen LogP contribution in [0, 0.1) is 5.41 Å². The summed E-state index contributed by atoms with van der Waals surface area (Å²) in [6.07, 6.45) is 10.5. The lowest BCUT2D eigenvalue weighted by Gasteiger charge is -2.50. The van der Waals surface area contributed by atoms with E-state index in [-0.39, 0.29) is 11.0 Å². The van der Waals surface area contributed by atoms with Crippen LogP contribution in [0.5, 0.6) is 0 Å². The molecule has 5 nitrogen and oxygen atoms in total. The molecule has 1 saturated heterocycles. The molecule has 19 heavy (non-hydrogen) atoms. The van der Waals surface area contributed by atoms with Crippen molar-refractivity contribution in [3.8, 4) is 0 Å². The number of hydrazone groups is 1. The number of nitrogens with zero attached hydrogens (tertiary/aromatic N) is 1. The van der Waals surface area contributed by atoms with E-state index >= 15 is 0 Å². The Balaban J connectivity index is 1.95. The summed E-state index contributed by atoms with van der Waals surface area (Å²) in [5.41, 5.74) is 8.63. The van der Waals surface area contributed by atoms with Gasteiger partial charge in [0.1, 0.15) is 5.60 Å². The number of urea groups is 1. The Kier molecular flexibility index (Phi) is 3.25. The van der Waals surface area contributed by atoms with Gasteiger partial charge >= 0.3 is 6.03 Å². The number of hydrogen-bond donors (Lipinski definition) is 2. The third-order valence-electron chi connectivity index (χ3n) is 5.28. The number of amides is 2. The van der Waals surface area contributed by atoms with E-state index in [1.165, 1.54) is 32.1 Å². The summed E-state index contributed by atoms with van der Waals surface area (Å²) in [5.74, 6) is 0. The minimum atomic E-state index is -0.591. The number of fused-ring (bicyclic) bond motifs is 1. The second kappa shape index (κ2) is 4.78. The number of carbonyl (C=O) groups is 1. The fourth-order valence-electron chi connectivity index (χ4n) is 4.56. The summed E-state index contributed by atoms with van der Waals surface area (Å²) in [6, 6.07) is -0.591. The van der Waals surface area contributed by atoms with Crippen molar-refractivity contribution in [3.05, 3.63) is 0 Å². The van der Waals surface area contributed by atoms with Crippen LogP contribution in [0.1, 0.15) is 57.8 Å². The van der Waals surface area contributed by atoms with E-state index in [0.717, 1.165) is 38.0 Å². The molecule has 2 amide bonds. The van der Waals surface area contributed by atoms with Crippen molar-refractivity contribution >= 4 is 11.7 Å². The molecule has 2 saturated carbocycles. The molecule has 1 aliphatic heterocycles. The van der Waals surface area contributed by atoms with Crippen LogP contribution in [-0.2, 0) is 4.74 Å². The minimum Gasteiger partial charge on any atom is -0.368 e. The Morgan fingerprint density at radius 3 is 2.53 bits per heavy atom. The molecule has 3 fully saturated rings. The van der Waals surface area contributed by atoms with Gasteiger partial charge in [0.2, 0.25) is 0 Å². The molecular weight excluding hydrogens is 242 g/mol. The lowest BCUT2D eigenvalue weighted by atomic mass is 9.60. The smallest absolute Gasteiger partial charge is 0.332 e. The lowest BCUT2D eigenvalue weighted by molar-refractivity contribution is -0.0613. The number of carbonyl (C=O) groups excluding carboxylic acids is 1. The lowest BCUT2D eigenvalue weighted by Crippen LogP contribution is -2.56. The highest BCUT2D eigenvalue weighted by Crippen LogP contribution is 2.58. The number of primary amides is 1. The first-order chi connectivity index (χ1) is 9.19. The highest BCUT2D eigenvalue weighted by molar-refractivity contribution is 5.95. The molecule has 1 heterocycles. The molecule has 0 aromatic heterocycles. The molecule has 0 unspecified atom stereocenters. The van der Waals surface area contributed by atoms with Crippen molar-refractivity contribution in [1.82, 2.24) is 5.43 Å². The van der Waals surface area contributed by atoms with E-state index in [2.05, 4.69) is 10.5 Å². The second-order valence-corrected chi connectivity index (χ2v) is 6.15. The molecule has 0 aromatic carbocycles. The maximum absolute atomic E-state index is 10.9. The first kappa shape index (κ1) is 12.9. The zero-order chi connectivity index (χ0) is 13.3. The van der Waals surface area contributed by atoms with Crippen LogP contribution in [-0.4, -0.2) is 24.0 Å². The van der Waals surface area contributed by atoms with E-state index in [0.29, 0.717) is 0 Å². The SMILES string of the molecule is NC(=O)N/N=C1/CCCC2(CCCC2)[C@@]12CCCO2. The predicted molar refractivity (Wildman–Crippen MR) is 72.8 cm³/mol. The first-order valence-electron chi connectivity index (χ1n) is 7.45. The zero-order valence-corrected chi connectivity index (χ0v) is 11.4. The Hall–Kier alpha value is -1.10.